The Morgan fingerprint density at radius 2 is 1.61 bits per heavy atom. The first-order valence-corrected chi connectivity index (χ1v) is 11.8. The molecule has 2 aromatic rings. The molecule has 0 radical (unpaired) electrons. The van der Waals surface area contributed by atoms with E-state index in [0.717, 1.165) is 6.26 Å². The predicted octanol–water partition coefficient (Wildman–Crippen LogP) is 2.45. The molecule has 0 spiro atoms. The molecular weight excluding hydrogens is 504 g/mol. The van der Waals surface area contributed by atoms with Crippen LogP contribution in [-0.4, -0.2) is 74.5 Å². The van der Waals surface area contributed by atoms with Crippen molar-refractivity contribution in [2.24, 2.45) is 10.2 Å². The highest BCUT2D eigenvalue weighted by Crippen LogP contribution is 2.24. The molecule has 1 aromatic carbocycles. The fraction of sp³-hybridized carbons (Fsp3) is 0.520. The Hall–Kier alpha value is -3.52. The maximum atomic E-state index is 12.8. The maximum Gasteiger partial charge on any atom is 0.344 e. The molecule has 13 heteroatoms. The summed E-state index contributed by atoms with van der Waals surface area (Å²) in [7, 11) is 0. The molecule has 4 rings (SSSR count). The van der Waals surface area contributed by atoms with E-state index in [0.29, 0.717) is 6.29 Å². The molecule has 0 saturated carbocycles. The number of azo groups is 1. The van der Waals surface area contributed by atoms with E-state index >= 15 is 0 Å². The van der Waals surface area contributed by atoms with Crippen molar-refractivity contribution in [2.45, 2.75) is 57.5 Å². The Labute approximate surface area is 217 Å². The van der Waals surface area contributed by atoms with Gasteiger partial charge in [0.25, 0.3) is 6.04 Å². The Kier molecular flexibility index (Phi) is 8.02. The van der Waals surface area contributed by atoms with E-state index in [1.807, 2.05) is 0 Å². The Bertz CT molecular complexity index is 1260. The first kappa shape index (κ1) is 27.5. The van der Waals surface area contributed by atoms with Crippen LogP contribution in [-0.2, 0) is 38.0 Å². The van der Waals surface area contributed by atoms with Gasteiger partial charge in [-0.3, -0.25) is 9.59 Å². The van der Waals surface area contributed by atoms with Crippen LogP contribution >= 0.6 is 0 Å². The topological polar surface area (TPSA) is 162 Å². The van der Waals surface area contributed by atoms with Gasteiger partial charge in [-0.1, -0.05) is 0 Å². The van der Waals surface area contributed by atoms with Gasteiger partial charge in [-0.05, 0) is 45.9 Å². The van der Waals surface area contributed by atoms with E-state index in [1.54, 1.807) is 27.7 Å². The average molecular weight is 533 g/mol. The first-order chi connectivity index (χ1) is 18.0. The minimum atomic E-state index is -1.77. The lowest BCUT2D eigenvalue weighted by Crippen LogP contribution is -2.36. The number of carbonyl (C=O) groups is 3. The van der Waals surface area contributed by atoms with Crippen molar-refractivity contribution in [3.8, 4) is 0 Å². The van der Waals surface area contributed by atoms with E-state index in [2.05, 4.69) is 10.2 Å². The van der Waals surface area contributed by atoms with E-state index in [9.17, 15) is 19.2 Å². The predicted molar refractivity (Wildman–Crippen MR) is 128 cm³/mol. The van der Waals surface area contributed by atoms with Crippen LogP contribution in [0.2, 0.25) is 0 Å². The Balaban J connectivity index is 1.50. The number of aldehydes is 1. The molecule has 2 unspecified atom stereocenters. The normalized spacial score (nSPS) is 22.9. The lowest BCUT2D eigenvalue weighted by molar-refractivity contribution is -0.168. The number of benzene rings is 1. The SMILES string of the molecule is CC1(C)OCC(COC(=O)C(N=Nc2ccc3occ(C=O)c(=O)c3c2)C(=O)OCC2COC(C)(C)O2)O1. The summed E-state index contributed by atoms with van der Waals surface area (Å²) in [4.78, 5) is 49.2. The molecule has 13 nitrogen and oxygen atoms in total. The van der Waals surface area contributed by atoms with Gasteiger partial charge in [0.15, 0.2) is 17.9 Å². The first-order valence-electron chi connectivity index (χ1n) is 11.8. The number of esters is 2. The maximum absolute atomic E-state index is 12.8. The van der Waals surface area contributed by atoms with Crippen molar-refractivity contribution in [3.63, 3.8) is 0 Å². The highest BCUT2D eigenvalue weighted by Gasteiger charge is 2.37. The van der Waals surface area contributed by atoms with Crippen LogP contribution in [0.3, 0.4) is 0 Å². The van der Waals surface area contributed by atoms with Gasteiger partial charge in [0, 0.05) is 0 Å². The highest BCUT2D eigenvalue weighted by molar-refractivity contribution is 5.99. The average Bonchev–Trinajstić information content (AvgIpc) is 3.41. The molecule has 0 bridgehead atoms. The summed E-state index contributed by atoms with van der Waals surface area (Å²) in [6.07, 6.45) is 0.379. The van der Waals surface area contributed by atoms with Crippen LogP contribution in [0.15, 0.2) is 43.9 Å². The second kappa shape index (κ2) is 11.1. The number of hydrogen-bond acceptors (Lipinski definition) is 13. The standard InChI is InChI=1S/C25H28N2O11/c1-24(2)35-12-16(37-24)10-33-22(30)20(23(31)34-11-17-13-36-25(3,4)38-17)27-26-15-5-6-19-18(7-15)21(29)14(8-28)9-32-19/h5-9,16-17,20H,10-13H2,1-4H3. The van der Waals surface area contributed by atoms with Crippen molar-refractivity contribution >= 4 is 34.9 Å². The molecule has 3 heterocycles. The smallest absolute Gasteiger partial charge is 0.344 e. The second-order valence-electron chi connectivity index (χ2n) is 9.60. The van der Waals surface area contributed by atoms with Gasteiger partial charge < -0.3 is 32.8 Å². The van der Waals surface area contributed by atoms with Crippen molar-refractivity contribution in [1.82, 2.24) is 0 Å². The second-order valence-corrected chi connectivity index (χ2v) is 9.60. The Morgan fingerprint density at radius 1 is 1.03 bits per heavy atom. The van der Waals surface area contributed by atoms with Crippen LogP contribution in [0.4, 0.5) is 5.69 Å². The summed E-state index contributed by atoms with van der Waals surface area (Å²) in [6, 6.07) is 2.46. The summed E-state index contributed by atoms with van der Waals surface area (Å²) >= 11 is 0. The van der Waals surface area contributed by atoms with Crippen LogP contribution in [0.25, 0.3) is 11.0 Å². The molecule has 204 valence electrons. The van der Waals surface area contributed by atoms with Crippen LogP contribution in [0.1, 0.15) is 38.1 Å². The zero-order valence-corrected chi connectivity index (χ0v) is 21.3. The number of rotatable bonds is 9. The molecule has 0 amide bonds. The third kappa shape index (κ3) is 6.67. The number of ether oxygens (including phenoxy) is 6. The molecule has 2 fully saturated rings. The lowest BCUT2D eigenvalue weighted by atomic mass is 10.1. The van der Waals surface area contributed by atoms with Crippen LogP contribution in [0, 0.1) is 0 Å². The molecule has 2 saturated heterocycles. The quantitative estimate of drug-likeness (QED) is 0.202. The van der Waals surface area contributed by atoms with Gasteiger partial charge in [-0.25, -0.2) is 9.59 Å². The minimum Gasteiger partial charge on any atom is -0.463 e. The highest BCUT2D eigenvalue weighted by atomic mass is 16.8. The fourth-order valence-corrected chi connectivity index (χ4v) is 3.79. The van der Waals surface area contributed by atoms with Crippen LogP contribution in [0.5, 0.6) is 0 Å². The minimum absolute atomic E-state index is 0.0785. The third-order valence-corrected chi connectivity index (χ3v) is 5.60. The molecule has 2 aliphatic rings. The zero-order chi connectivity index (χ0) is 27.5. The third-order valence-electron chi connectivity index (χ3n) is 5.60. The molecule has 0 N–H and O–H groups in total. The van der Waals surface area contributed by atoms with Crippen LogP contribution < -0.4 is 5.43 Å². The summed E-state index contributed by atoms with van der Waals surface area (Å²) in [5.41, 5.74) is -0.378. The van der Waals surface area contributed by atoms with Gasteiger partial charge in [0.05, 0.1) is 29.9 Å². The molecule has 2 atom stereocenters. The van der Waals surface area contributed by atoms with Gasteiger partial charge >= 0.3 is 11.9 Å². The summed E-state index contributed by atoms with van der Waals surface area (Å²) in [5, 5.41) is 7.87. The van der Waals surface area contributed by atoms with Crippen molar-refractivity contribution < 1.29 is 47.2 Å². The van der Waals surface area contributed by atoms with E-state index in [-0.39, 0.29) is 48.6 Å². The van der Waals surface area contributed by atoms with Gasteiger partial charge in [0.1, 0.15) is 37.3 Å². The van der Waals surface area contributed by atoms with E-state index < -0.39 is 47.2 Å². The monoisotopic (exact) mass is 532 g/mol. The van der Waals surface area contributed by atoms with Gasteiger partial charge in [-0.2, -0.15) is 10.2 Å². The fourth-order valence-electron chi connectivity index (χ4n) is 3.79. The summed E-state index contributed by atoms with van der Waals surface area (Å²) in [5.74, 6) is -3.67. The molecule has 0 aliphatic carbocycles. The van der Waals surface area contributed by atoms with E-state index in [1.165, 1.54) is 18.2 Å². The number of carbonyl (C=O) groups excluding carboxylic acids is 3. The molecule has 1 aromatic heterocycles. The van der Waals surface area contributed by atoms with E-state index in [4.69, 9.17) is 32.8 Å². The summed E-state index contributed by atoms with van der Waals surface area (Å²) in [6.45, 7) is 6.94. The van der Waals surface area contributed by atoms with Gasteiger partial charge in [0.2, 0.25) is 5.43 Å². The molecule has 38 heavy (non-hydrogen) atoms. The largest absolute Gasteiger partial charge is 0.463 e. The number of fused-ring (bicyclic) bond motifs is 1. The molecule has 2 aliphatic heterocycles. The zero-order valence-electron chi connectivity index (χ0n) is 21.3. The van der Waals surface area contributed by atoms with Crippen molar-refractivity contribution in [1.29, 1.82) is 0 Å². The number of nitrogens with zero attached hydrogens (tertiary/aromatic N) is 2. The van der Waals surface area contributed by atoms with Gasteiger partial charge in [-0.15, -0.1) is 0 Å². The number of hydrogen-bond donors (Lipinski definition) is 0. The Morgan fingerprint density at radius 3 is 2.11 bits per heavy atom. The molecular formula is C25H28N2O11. The van der Waals surface area contributed by atoms with Crippen molar-refractivity contribution in [2.75, 3.05) is 26.4 Å². The lowest BCUT2D eigenvalue weighted by Gasteiger charge is -2.18. The summed E-state index contributed by atoms with van der Waals surface area (Å²) < 4.78 is 37.9. The van der Waals surface area contributed by atoms with Crippen molar-refractivity contribution in [3.05, 3.63) is 40.2 Å².